The van der Waals surface area contributed by atoms with Crippen LogP contribution in [0.1, 0.15) is 35.5 Å². The molecule has 1 heterocycles. The Morgan fingerprint density at radius 1 is 1.14 bits per heavy atom. The Morgan fingerprint density at radius 2 is 1.90 bits per heavy atom. The van der Waals surface area contributed by atoms with Crippen molar-refractivity contribution < 1.29 is 19.0 Å². The molecule has 152 valence electrons. The van der Waals surface area contributed by atoms with E-state index in [4.69, 9.17) is 4.74 Å². The molecule has 1 N–H and O–H groups in total. The van der Waals surface area contributed by atoms with Gasteiger partial charge in [-0.15, -0.1) is 0 Å². The molecule has 0 saturated carbocycles. The molecule has 0 aliphatic heterocycles. The normalized spacial score (nSPS) is 11.5. The Balaban J connectivity index is 1.66. The minimum absolute atomic E-state index is 0.261. The maximum Gasteiger partial charge on any atom is 0.347 e. The van der Waals surface area contributed by atoms with Crippen LogP contribution in [0.2, 0.25) is 0 Å². The van der Waals surface area contributed by atoms with E-state index in [0.29, 0.717) is 29.1 Å². The molecule has 0 amide bonds. The highest BCUT2D eigenvalue weighted by atomic mass is 32.1. The summed E-state index contributed by atoms with van der Waals surface area (Å²) in [6, 6.07) is 10.7. The minimum Gasteiger partial charge on any atom is -0.478 e. The Bertz CT molecular complexity index is 1050. The zero-order chi connectivity index (χ0) is 21.2. The Hall–Kier alpha value is -2.80. The van der Waals surface area contributed by atoms with Crippen molar-refractivity contribution in [2.45, 2.75) is 46.1 Å². The Morgan fingerprint density at radius 3 is 2.55 bits per heavy atom. The van der Waals surface area contributed by atoms with Crippen LogP contribution in [0.4, 0.5) is 4.39 Å². The number of nitrogens with zero attached hydrogens (tertiary/aromatic N) is 2. The number of aryl methyl sites for hydroxylation is 4. The lowest BCUT2D eigenvalue weighted by molar-refractivity contribution is -0.152. The first-order chi connectivity index (χ1) is 13.7. The first kappa shape index (κ1) is 20.9. The predicted octanol–water partition coefficient (Wildman–Crippen LogP) is 4.99. The molecule has 0 saturated heterocycles. The summed E-state index contributed by atoms with van der Waals surface area (Å²) < 4.78 is 23.7. The third-order valence-electron chi connectivity index (χ3n) is 4.65. The van der Waals surface area contributed by atoms with Crippen molar-refractivity contribution in [3.63, 3.8) is 0 Å². The summed E-state index contributed by atoms with van der Waals surface area (Å²) >= 11 is 1.32. The molecule has 0 spiro atoms. The molecule has 7 heteroatoms. The molecule has 0 radical (unpaired) electrons. The predicted molar refractivity (Wildman–Crippen MR) is 111 cm³/mol. The van der Waals surface area contributed by atoms with Crippen LogP contribution >= 0.6 is 11.5 Å². The van der Waals surface area contributed by atoms with Gasteiger partial charge in [-0.3, -0.25) is 0 Å². The standard InChI is InChI=1S/C22H23FN2O3S/c1-13-5-8-16(12-17(13)23)20-24-19(29-25-20)10-7-15-6-9-18(14(2)11-15)28-22(3,4)21(26)27/h5-6,8-9,11-12H,7,10H2,1-4H3,(H,26,27). The van der Waals surface area contributed by atoms with E-state index < -0.39 is 11.6 Å². The van der Waals surface area contributed by atoms with Crippen molar-refractivity contribution in [1.82, 2.24) is 9.36 Å². The van der Waals surface area contributed by atoms with Gasteiger partial charge in [-0.2, -0.15) is 4.37 Å². The average Bonchev–Trinajstić information content (AvgIpc) is 3.13. The lowest BCUT2D eigenvalue weighted by Crippen LogP contribution is -2.38. The summed E-state index contributed by atoms with van der Waals surface area (Å²) in [5, 5.41) is 10.1. The highest BCUT2D eigenvalue weighted by Crippen LogP contribution is 2.25. The fourth-order valence-electron chi connectivity index (χ4n) is 2.76. The van der Waals surface area contributed by atoms with Gasteiger partial charge in [0.1, 0.15) is 16.6 Å². The number of ether oxygens (including phenoxy) is 1. The van der Waals surface area contributed by atoms with Gasteiger partial charge >= 0.3 is 5.97 Å². The number of aromatic nitrogens is 2. The molecule has 3 rings (SSSR count). The largest absolute Gasteiger partial charge is 0.478 e. The number of benzene rings is 2. The van der Waals surface area contributed by atoms with Crippen LogP contribution in [0, 0.1) is 19.7 Å². The van der Waals surface area contributed by atoms with Crippen LogP contribution in [-0.2, 0) is 17.6 Å². The van der Waals surface area contributed by atoms with E-state index in [9.17, 15) is 14.3 Å². The minimum atomic E-state index is -1.29. The van der Waals surface area contributed by atoms with Crippen molar-refractivity contribution in [3.8, 4) is 17.1 Å². The fourth-order valence-corrected chi connectivity index (χ4v) is 3.42. The van der Waals surface area contributed by atoms with E-state index in [0.717, 1.165) is 22.6 Å². The second kappa shape index (κ2) is 8.29. The van der Waals surface area contributed by atoms with Crippen molar-refractivity contribution in [2.75, 3.05) is 0 Å². The highest BCUT2D eigenvalue weighted by Gasteiger charge is 2.29. The zero-order valence-corrected chi connectivity index (χ0v) is 17.6. The van der Waals surface area contributed by atoms with E-state index in [1.165, 1.54) is 31.4 Å². The van der Waals surface area contributed by atoms with Crippen molar-refractivity contribution >= 4 is 17.5 Å². The number of carbonyl (C=O) groups is 1. The van der Waals surface area contributed by atoms with Crippen LogP contribution < -0.4 is 4.74 Å². The number of carboxylic acid groups (broad SMARTS) is 1. The molecule has 0 aliphatic carbocycles. The maximum absolute atomic E-state index is 13.8. The number of hydrogen-bond donors (Lipinski definition) is 1. The van der Waals surface area contributed by atoms with Gasteiger partial charge in [-0.25, -0.2) is 14.2 Å². The Kier molecular flexibility index (Phi) is 5.98. The molecule has 0 bridgehead atoms. The molecule has 29 heavy (non-hydrogen) atoms. The van der Waals surface area contributed by atoms with E-state index in [1.54, 1.807) is 19.1 Å². The van der Waals surface area contributed by atoms with Gasteiger partial charge in [0.25, 0.3) is 0 Å². The lowest BCUT2D eigenvalue weighted by Gasteiger charge is -2.23. The van der Waals surface area contributed by atoms with Gasteiger partial charge in [0.2, 0.25) is 0 Å². The third kappa shape index (κ3) is 4.98. The first-order valence-corrected chi connectivity index (χ1v) is 10.0. The summed E-state index contributed by atoms with van der Waals surface area (Å²) in [6.07, 6.45) is 1.48. The number of hydrogen-bond acceptors (Lipinski definition) is 5. The van der Waals surface area contributed by atoms with Crippen molar-refractivity contribution in [1.29, 1.82) is 0 Å². The summed E-state index contributed by atoms with van der Waals surface area (Å²) in [5.74, 6) is -0.176. The first-order valence-electron chi connectivity index (χ1n) is 9.27. The average molecular weight is 415 g/mol. The van der Waals surface area contributed by atoms with E-state index in [-0.39, 0.29) is 5.82 Å². The van der Waals surface area contributed by atoms with Crippen molar-refractivity contribution in [2.24, 2.45) is 0 Å². The van der Waals surface area contributed by atoms with Crippen LogP contribution in [0.25, 0.3) is 11.4 Å². The molecule has 5 nitrogen and oxygen atoms in total. The smallest absolute Gasteiger partial charge is 0.347 e. The molecule has 0 unspecified atom stereocenters. The summed E-state index contributed by atoms with van der Waals surface area (Å²) in [6.45, 7) is 6.66. The van der Waals surface area contributed by atoms with Gasteiger partial charge in [-0.1, -0.05) is 24.3 Å². The fraction of sp³-hybridized carbons (Fsp3) is 0.318. The SMILES string of the molecule is Cc1ccc(-c2nsc(CCc3ccc(OC(C)(C)C(=O)O)c(C)c3)n2)cc1F. The highest BCUT2D eigenvalue weighted by molar-refractivity contribution is 7.05. The third-order valence-corrected chi connectivity index (χ3v) is 5.42. The van der Waals surface area contributed by atoms with Gasteiger partial charge in [0, 0.05) is 12.0 Å². The summed E-state index contributed by atoms with van der Waals surface area (Å²) in [4.78, 5) is 15.8. The molecular weight excluding hydrogens is 391 g/mol. The second-order valence-electron chi connectivity index (χ2n) is 7.49. The zero-order valence-electron chi connectivity index (χ0n) is 16.8. The monoisotopic (exact) mass is 414 g/mol. The quantitative estimate of drug-likeness (QED) is 0.590. The van der Waals surface area contributed by atoms with Gasteiger partial charge in [-0.05, 0) is 74.5 Å². The molecule has 0 atom stereocenters. The maximum atomic E-state index is 13.8. The molecule has 2 aromatic carbocycles. The number of halogens is 1. The summed E-state index contributed by atoms with van der Waals surface area (Å²) in [7, 11) is 0. The van der Waals surface area contributed by atoms with E-state index >= 15 is 0 Å². The van der Waals surface area contributed by atoms with Gasteiger partial charge < -0.3 is 9.84 Å². The molecule has 0 fully saturated rings. The lowest BCUT2D eigenvalue weighted by atomic mass is 10.1. The van der Waals surface area contributed by atoms with Gasteiger partial charge in [0.05, 0.1) is 0 Å². The number of aliphatic carboxylic acids is 1. The molecule has 0 aliphatic rings. The Labute approximate surface area is 173 Å². The molecule has 1 aromatic heterocycles. The second-order valence-corrected chi connectivity index (χ2v) is 8.33. The van der Waals surface area contributed by atoms with Crippen LogP contribution in [-0.4, -0.2) is 26.0 Å². The van der Waals surface area contributed by atoms with Crippen LogP contribution in [0.15, 0.2) is 36.4 Å². The van der Waals surface area contributed by atoms with Crippen molar-refractivity contribution in [3.05, 3.63) is 63.9 Å². The van der Waals surface area contributed by atoms with Crippen LogP contribution in [0.5, 0.6) is 5.75 Å². The molecular formula is C22H23FN2O3S. The number of carboxylic acids is 1. The topological polar surface area (TPSA) is 72.3 Å². The molecule has 3 aromatic rings. The van der Waals surface area contributed by atoms with Crippen LogP contribution in [0.3, 0.4) is 0 Å². The summed E-state index contributed by atoms with van der Waals surface area (Å²) in [5.41, 5.74) is 1.96. The van der Waals surface area contributed by atoms with Gasteiger partial charge in [0.15, 0.2) is 11.4 Å². The number of rotatable bonds is 7. The van der Waals surface area contributed by atoms with E-state index in [2.05, 4.69) is 9.36 Å². The van der Waals surface area contributed by atoms with E-state index in [1.807, 2.05) is 25.1 Å².